The van der Waals surface area contributed by atoms with Crippen molar-refractivity contribution >= 4 is 28.5 Å². The number of ether oxygens (including phenoxy) is 1. The van der Waals surface area contributed by atoms with Gasteiger partial charge in [-0.2, -0.15) is 5.26 Å². The van der Waals surface area contributed by atoms with Gasteiger partial charge in [-0.25, -0.2) is 4.98 Å². The zero-order chi connectivity index (χ0) is 22.7. The van der Waals surface area contributed by atoms with E-state index in [0.29, 0.717) is 18.9 Å². The van der Waals surface area contributed by atoms with Gasteiger partial charge in [-0.3, -0.25) is 4.79 Å². The van der Waals surface area contributed by atoms with Gasteiger partial charge in [0.25, 0.3) is 5.91 Å². The first-order chi connectivity index (χ1) is 15.5. The normalized spacial score (nSPS) is 16.4. The topological polar surface area (TPSA) is 66.2 Å². The summed E-state index contributed by atoms with van der Waals surface area (Å²) < 4.78 is 5.28. The maximum absolute atomic E-state index is 13.5. The van der Waals surface area contributed by atoms with Crippen LogP contribution in [0.25, 0.3) is 22.6 Å². The number of hydrogen-bond donors (Lipinski definition) is 0. The zero-order valence-corrected chi connectivity index (χ0v) is 18.8. The average Bonchev–Trinajstić information content (AvgIpc) is 2.81. The summed E-state index contributed by atoms with van der Waals surface area (Å²) in [6, 6.07) is 17.9. The van der Waals surface area contributed by atoms with E-state index < -0.39 is 0 Å². The molecule has 1 aliphatic carbocycles. The second-order valence-electron chi connectivity index (χ2n) is 8.42. The molecule has 1 aliphatic rings. The highest BCUT2D eigenvalue weighted by atomic mass is 16.5. The number of benzene rings is 2. The van der Waals surface area contributed by atoms with Crippen molar-refractivity contribution in [3.05, 3.63) is 70.9 Å². The Labute approximate surface area is 189 Å². The van der Waals surface area contributed by atoms with Crippen molar-refractivity contribution < 1.29 is 9.53 Å². The van der Waals surface area contributed by atoms with Crippen LogP contribution in [0.4, 0.5) is 0 Å². The first kappa shape index (κ1) is 21.6. The second kappa shape index (κ2) is 9.23. The number of aromatic nitrogens is 1. The van der Waals surface area contributed by atoms with Gasteiger partial charge < -0.3 is 9.64 Å². The van der Waals surface area contributed by atoms with Crippen LogP contribution in [-0.4, -0.2) is 36.5 Å². The highest BCUT2D eigenvalue weighted by Gasteiger charge is 2.29. The van der Waals surface area contributed by atoms with Crippen LogP contribution in [0.2, 0.25) is 0 Å². The largest absolute Gasteiger partial charge is 0.497 e. The van der Waals surface area contributed by atoms with Crippen molar-refractivity contribution in [2.75, 3.05) is 20.7 Å². The Balaban J connectivity index is 1.88. The minimum atomic E-state index is -0.0482. The lowest BCUT2D eigenvalue weighted by atomic mass is 9.80. The fourth-order valence-corrected chi connectivity index (χ4v) is 4.39. The number of pyridine rings is 1. The number of para-hydroxylation sites is 1. The molecule has 1 atom stereocenters. The van der Waals surface area contributed by atoms with Crippen molar-refractivity contribution in [2.24, 2.45) is 5.92 Å². The molecule has 5 nitrogen and oxygen atoms in total. The van der Waals surface area contributed by atoms with Crippen LogP contribution in [0, 0.1) is 17.2 Å². The maximum Gasteiger partial charge on any atom is 0.254 e. The monoisotopic (exact) mass is 425 g/mol. The molecule has 162 valence electrons. The number of rotatable bonds is 5. The average molecular weight is 426 g/mol. The first-order valence-electron chi connectivity index (χ1n) is 10.9. The Morgan fingerprint density at radius 3 is 2.69 bits per heavy atom. The van der Waals surface area contributed by atoms with Crippen molar-refractivity contribution in [2.45, 2.75) is 26.2 Å². The molecule has 0 saturated carbocycles. The van der Waals surface area contributed by atoms with E-state index in [4.69, 9.17) is 15.0 Å². The maximum atomic E-state index is 13.5. The molecule has 32 heavy (non-hydrogen) atoms. The molecule has 0 fully saturated rings. The SMILES string of the molecule is COc1ccc(C=C2CC(C)Cc3c2nc2ccccc2c3C(=O)N(C)CCC#N)cc1. The van der Waals surface area contributed by atoms with E-state index in [0.717, 1.165) is 57.5 Å². The quantitative estimate of drug-likeness (QED) is 0.552. The van der Waals surface area contributed by atoms with Crippen molar-refractivity contribution in [3.63, 3.8) is 0 Å². The molecular formula is C27H27N3O2. The Kier molecular flexibility index (Phi) is 6.23. The summed E-state index contributed by atoms with van der Waals surface area (Å²) >= 11 is 0. The Hall–Kier alpha value is -3.65. The lowest BCUT2D eigenvalue weighted by Crippen LogP contribution is -2.30. The minimum absolute atomic E-state index is 0.0482. The van der Waals surface area contributed by atoms with Crippen LogP contribution < -0.4 is 4.74 Å². The molecule has 0 radical (unpaired) electrons. The third kappa shape index (κ3) is 4.22. The second-order valence-corrected chi connectivity index (χ2v) is 8.42. The molecule has 2 aromatic carbocycles. The molecule has 0 bridgehead atoms. The summed E-state index contributed by atoms with van der Waals surface area (Å²) in [5.41, 5.74) is 5.68. The Morgan fingerprint density at radius 1 is 1.22 bits per heavy atom. The number of nitriles is 1. The van der Waals surface area contributed by atoms with Crippen LogP contribution in [0.15, 0.2) is 48.5 Å². The molecule has 1 amide bonds. The smallest absolute Gasteiger partial charge is 0.254 e. The van der Waals surface area contributed by atoms with Crippen molar-refractivity contribution in [3.8, 4) is 11.8 Å². The molecule has 1 unspecified atom stereocenters. The highest BCUT2D eigenvalue weighted by molar-refractivity contribution is 6.09. The number of hydrogen-bond acceptors (Lipinski definition) is 4. The number of amides is 1. The van der Waals surface area contributed by atoms with Gasteiger partial charge in [0.05, 0.1) is 36.4 Å². The standard InChI is InChI=1S/C27H27N3O2/c1-18-15-20(17-19-9-11-21(32-3)12-10-19)26-23(16-18)25(27(31)30(2)14-6-13-28)22-7-4-5-8-24(22)29-26/h4-5,7-12,17-18H,6,14-16H2,1-3H3. The van der Waals surface area contributed by atoms with Gasteiger partial charge in [-0.1, -0.05) is 37.3 Å². The summed E-state index contributed by atoms with van der Waals surface area (Å²) in [7, 11) is 3.43. The van der Waals surface area contributed by atoms with Crippen molar-refractivity contribution in [1.82, 2.24) is 9.88 Å². The van der Waals surface area contributed by atoms with Gasteiger partial charge in [-0.05, 0) is 59.7 Å². The van der Waals surface area contributed by atoms with Crippen LogP contribution in [0.5, 0.6) is 5.75 Å². The first-order valence-corrected chi connectivity index (χ1v) is 10.9. The summed E-state index contributed by atoms with van der Waals surface area (Å²) in [6.45, 7) is 2.62. The van der Waals surface area contributed by atoms with Gasteiger partial charge in [0.15, 0.2) is 0 Å². The van der Waals surface area contributed by atoms with Crippen LogP contribution in [-0.2, 0) is 6.42 Å². The predicted molar refractivity (Wildman–Crippen MR) is 127 cm³/mol. The third-order valence-electron chi connectivity index (χ3n) is 5.99. The molecule has 5 heteroatoms. The molecule has 4 rings (SSSR count). The molecule has 0 spiro atoms. The van der Waals surface area contributed by atoms with Gasteiger partial charge in [0.1, 0.15) is 5.75 Å². The van der Waals surface area contributed by atoms with Crippen LogP contribution >= 0.6 is 0 Å². The van der Waals surface area contributed by atoms with E-state index in [2.05, 4.69) is 19.1 Å². The molecule has 0 aliphatic heterocycles. The van der Waals surface area contributed by atoms with E-state index in [9.17, 15) is 4.79 Å². The van der Waals surface area contributed by atoms with Crippen LogP contribution in [0.3, 0.4) is 0 Å². The number of carbonyl (C=O) groups excluding carboxylic acids is 1. The van der Waals surface area contributed by atoms with Crippen LogP contribution in [0.1, 0.15) is 46.9 Å². The van der Waals surface area contributed by atoms with Gasteiger partial charge >= 0.3 is 0 Å². The number of fused-ring (bicyclic) bond motifs is 2. The lowest BCUT2D eigenvalue weighted by molar-refractivity contribution is 0.0798. The summed E-state index contributed by atoms with van der Waals surface area (Å²) in [5.74, 6) is 1.17. The fourth-order valence-electron chi connectivity index (χ4n) is 4.39. The Bertz CT molecular complexity index is 1220. The molecule has 0 saturated heterocycles. The number of nitrogens with zero attached hydrogens (tertiary/aromatic N) is 3. The summed E-state index contributed by atoms with van der Waals surface area (Å²) in [5, 5.41) is 9.83. The summed E-state index contributed by atoms with van der Waals surface area (Å²) in [6.07, 6.45) is 4.19. The number of carbonyl (C=O) groups is 1. The molecular weight excluding hydrogens is 398 g/mol. The highest BCUT2D eigenvalue weighted by Crippen LogP contribution is 2.39. The van der Waals surface area contributed by atoms with Crippen molar-refractivity contribution in [1.29, 1.82) is 5.26 Å². The molecule has 3 aromatic rings. The molecule has 1 aromatic heterocycles. The van der Waals surface area contributed by atoms with Gasteiger partial charge in [0, 0.05) is 19.0 Å². The number of methoxy groups -OCH3 is 1. The van der Waals surface area contributed by atoms with E-state index in [1.165, 1.54) is 0 Å². The van der Waals surface area contributed by atoms with Gasteiger partial charge in [-0.15, -0.1) is 0 Å². The van der Waals surface area contributed by atoms with E-state index in [1.807, 2.05) is 48.5 Å². The molecule has 0 N–H and O–H groups in total. The van der Waals surface area contributed by atoms with E-state index in [-0.39, 0.29) is 5.91 Å². The van der Waals surface area contributed by atoms with E-state index in [1.54, 1.807) is 19.1 Å². The predicted octanol–water partition coefficient (Wildman–Crippen LogP) is 5.35. The minimum Gasteiger partial charge on any atom is -0.497 e. The summed E-state index contributed by atoms with van der Waals surface area (Å²) in [4.78, 5) is 20.2. The number of allylic oxidation sites excluding steroid dienone is 1. The Morgan fingerprint density at radius 2 is 1.97 bits per heavy atom. The molecule has 1 heterocycles. The lowest BCUT2D eigenvalue weighted by Gasteiger charge is -2.28. The van der Waals surface area contributed by atoms with Gasteiger partial charge in [0.2, 0.25) is 0 Å². The zero-order valence-electron chi connectivity index (χ0n) is 18.8. The third-order valence-corrected chi connectivity index (χ3v) is 5.99. The fraction of sp³-hybridized carbons (Fsp3) is 0.296. The van der Waals surface area contributed by atoms with E-state index >= 15 is 0 Å².